The molecule has 0 aromatic carbocycles. The van der Waals surface area contributed by atoms with Crippen LogP contribution in [0.3, 0.4) is 0 Å². The van der Waals surface area contributed by atoms with E-state index in [1.54, 1.807) is 14.2 Å². The van der Waals surface area contributed by atoms with Crippen molar-refractivity contribution < 1.29 is 14.3 Å². The number of ether oxygens (including phenoxy) is 2. The highest BCUT2D eigenvalue weighted by molar-refractivity contribution is 5.85. The molecule has 1 unspecified atom stereocenters. The smallest absolute Gasteiger partial charge is 0.252 e. The normalized spacial score (nSPS) is 20.7. The largest absolute Gasteiger partial charge is 0.379 e. The van der Waals surface area contributed by atoms with E-state index >= 15 is 0 Å². The predicted octanol–water partition coefficient (Wildman–Crippen LogP) is 0.542. The summed E-state index contributed by atoms with van der Waals surface area (Å²) in [6.07, 6.45) is 1.48. The van der Waals surface area contributed by atoms with Gasteiger partial charge in [0.15, 0.2) is 0 Å². The minimum atomic E-state index is -0.666. The number of methoxy groups -OCH3 is 2. The molecule has 0 aliphatic carbocycles. The van der Waals surface area contributed by atoms with Crippen molar-refractivity contribution in [2.45, 2.75) is 38.4 Å². The van der Waals surface area contributed by atoms with E-state index in [4.69, 9.17) is 9.47 Å². The van der Waals surface area contributed by atoms with Gasteiger partial charge in [0, 0.05) is 20.8 Å². The molecule has 5 heteroatoms. The average molecular weight is 258 g/mol. The molecule has 0 spiro atoms. The fourth-order valence-electron chi connectivity index (χ4n) is 2.30. The Bertz CT molecular complexity index is 263. The number of carbonyl (C=O) groups excluding carboxylic acids is 1. The van der Waals surface area contributed by atoms with Crippen LogP contribution < -0.4 is 10.6 Å². The summed E-state index contributed by atoms with van der Waals surface area (Å²) in [5.74, 6) is 0.357. The highest BCUT2D eigenvalue weighted by atomic mass is 16.5. The van der Waals surface area contributed by atoms with Crippen LogP contribution >= 0.6 is 0 Å². The van der Waals surface area contributed by atoms with Crippen molar-refractivity contribution in [3.05, 3.63) is 0 Å². The molecular weight excluding hydrogens is 232 g/mol. The molecule has 106 valence electrons. The Labute approximate surface area is 110 Å². The van der Waals surface area contributed by atoms with Crippen LogP contribution in [-0.2, 0) is 14.3 Å². The molecule has 1 saturated heterocycles. The van der Waals surface area contributed by atoms with E-state index in [9.17, 15) is 4.79 Å². The summed E-state index contributed by atoms with van der Waals surface area (Å²) in [5.41, 5.74) is -0.666. The van der Waals surface area contributed by atoms with Gasteiger partial charge in [-0.05, 0) is 31.8 Å². The molecule has 1 aliphatic rings. The molecule has 18 heavy (non-hydrogen) atoms. The Hall–Kier alpha value is -0.650. The highest BCUT2D eigenvalue weighted by Gasteiger charge is 2.39. The van der Waals surface area contributed by atoms with Gasteiger partial charge in [0.25, 0.3) is 5.91 Å². The van der Waals surface area contributed by atoms with Gasteiger partial charge in [0.05, 0.1) is 6.10 Å². The van der Waals surface area contributed by atoms with E-state index in [2.05, 4.69) is 24.5 Å². The molecule has 1 atom stereocenters. The lowest BCUT2D eigenvalue weighted by atomic mass is 9.91. The summed E-state index contributed by atoms with van der Waals surface area (Å²) in [7, 11) is 3.29. The third-order valence-electron chi connectivity index (χ3n) is 3.73. The maximum Gasteiger partial charge on any atom is 0.252 e. The first kappa shape index (κ1) is 15.4. The molecule has 1 fully saturated rings. The van der Waals surface area contributed by atoms with Gasteiger partial charge in [0.1, 0.15) is 5.60 Å². The number of rotatable bonds is 6. The number of piperidine rings is 1. The molecule has 1 aliphatic heterocycles. The van der Waals surface area contributed by atoms with Crippen molar-refractivity contribution in [3.8, 4) is 0 Å². The van der Waals surface area contributed by atoms with E-state index in [1.807, 2.05) is 0 Å². The van der Waals surface area contributed by atoms with Gasteiger partial charge in [-0.3, -0.25) is 4.79 Å². The van der Waals surface area contributed by atoms with Crippen molar-refractivity contribution in [2.75, 3.05) is 33.9 Å². The van der Waals surface area contributed by atoms with E-state index in [-0.39, 0.29) is 12.0 Å². The number of hydrogen-bond acceptors (Lipinski definition) is 4. The lowest BCUT2D eigenvalue weighted by molar-refractivity contribution is -0.147. The average Bonchev–Trinajstić information content (AvgIpc) is 2.39. The van der Waals surface area contributed by atoms with Crippen LogP contribution in [0.4, 0.5) is 0 Å². The second kappa shape index (κ2) is 7.07. The fourth-order valence-corrected chi connectivity index (χ4v) is 2.30. The zero-order chi connectivity index (χ0) is 13.6. The first-order valence-electron chi connectivity index (χ1n) is 6.62. The lowest BCUT2D eigenvalue weighted by Crippen LogP contribution is -2.55. The molecule has 0 radical (unpaired) electrons. The van der Waals surface area contributed by atoms with Crippen LogP contribution in [0.2, 0.25) is 0 Å². The van der Waals surface area contributed by atoms with Gasteiger partial charge in [-0.1, -0.05) is 13.8 Å². The predicted molar refractivity (Wildman–Crippen MR) is 70.5 cm³/mol. The highest BCUT2D eigenvalue weighted by Crippen LogP contribution is 2.22. The van der Waals surface area contributed by atoms with Crippen LogP contribution in [0.5, 0.6) is 0 Å². The summed E-state index contributed by atoms with van der Waals surface area (Å²) < 4.78 is 10.8. The summed E-state index contributed by atoms with van der Waals surface area (Å²) in [4.78, 5) is 12.3. The molecule has 5 nitrogen and oxygen atoms in total. The Balaban J connectivity index is 2.52. The monoisotopic (exact) mass is 258 g/mol. The third kappa shape index (κ3) is 3.67. The molecule has 1 rings (SSSR count). The van der Waals surface area contributed by atoms with Crippen molar-refractivity contribution in [2.24, 2.45) is 5.92 Å². The van der Waals surface area contributed by atoms with Crippen molar-refractivity contribution >= 4 is 5.91 Å². The molecule has 1 amide bonds. The fraction of sp³-hybridized carbons (Fsp3) is 0.923. The Morgan fingerprint density at radius 3 is 2.39 bits per heavy atom. The Kier molecular flexibility index (Phi) is 6.05. The van der Waals surface area contributed by atoms with Crippen LogP contribution in [0.1, 0.15) is 26.7 Å². The first-order valence-corrected chi connectivity index (χ1v) is 6.62. The van der Waals surface area contributed by atoms with Crippen molar-refractivity contribution in [1.29, 1.82) is 0 Å². The molecule has 0 aromatic rings. The van der Waals surface area contributed by atoms with Crippen LogP contribution in [0.15, 0.2) is 0 Å². The van der Waals surface area contributed by atoms with E-state index in [1.165, 1.54) is 0 Å². The van der Waals surface area contributed by atoms with Gasteiger partial charge in [-0.25, -0.2) is 0 Å². The second-order valence-electron chi connectivity index (χ2n) is 5.18. The van der Waals surface area contributed by atoms with E-state index in [0.29, 0.717) is 25.3 Å². The molecule has 1 heterocycles. The number of hydrogen-bond donors (Lipinski definition) is 2. The molecular formula is C13H26N2O3. The van der Waals surface area contributed by atoms with Crippen LogP contribution in [0, 0.1) is 5.92 Å². The van der Waals surface area contributed by atoms with Gasteiger partial charge in [0.2, 0.25) is 0 Å². The maximum absolute atomic E-state index is 12.3. The van der Waals surface area contributed by atoms with Crippen molar-refractivity contribution in [3.63, 3.8) is 0 Å². The van der Waals surface area contributed by atoms with Crippen LogP contribution in [-0.4, -0.2) is 51.5 Å². The zero-order valence-corrected chi connectivity index (χ0v) is 11.9. The van der Waals surface area contributed by atoms with E-state index in [0.717, 1.165) is 13.1 Å². The maximum atomic E-state index is 12.3. The molecule has 2 N–H and O–H groups in total. The van der Waals surface area contributed by atoms with Crippen LogP contribution in [0.25, 0.3) is 0 Å². The van der Waals surface area contributed by atoms with E-state index < -0.39 is 5.60 Å². The van der Waals surface area contributed by atoms with Gasteiger partial charge in [-0.2, -0.15) is 0 Å². The summed E-state index contributed by atoms with van der Waals surface area (Å²) in [5, 5.41) is 6.20. The number of nitrogens with one attached hydrogen (secondary N) is 2. The topological polar surface area (TPSA) is 59.6 Å². The number of amides is 1. The quantitative estimate of drug-likeness (QED) is 0.730. The minimum Gasteiger partial charge on any atom is -0.379 e. The van der Waals surface area contributed by atoms with Crippen molar-refractivity contribution in [1.82, 2.24) is 10.6 Å². The molecule has 0 aromatic heterocycles. The Morgan fingerprint density at radius 1 is 1.33 bits per heavy atom. The SMILES string of the molecule is COC(CNC(=O)C1(OC)CCNCC1)C(C)C. The van der Waals surface area contributed by atoms with Gasteiger partial charge < -0.3 is 20.1 Å². The summed E-state index contributed by atoms with van der Waals surface area (Å²) >= 11 is 0. The molecule has 0 bridgehead atoms. The lowest BCUT2D eigenvalue weighted by Gasteiger charge is -2.35. The standard InChI is InChI=1S/C13H26N2O3/c1-10(2)11(17-3)9-15-12(16)13(18-4)5-7-14-8-6-13/h10-11,14H,5-9H2,1-4H3,(H,15,16). The van der Waals surface area contributed by atoms with Gasteiger partial charge in [-0.15, -0.1) is 0 Å². The second-order valence-corrected chi connectivity index (χ2v) is 5.18. The van der Waals surface area contributed by atoms with Gasteiger partial charge >= 0.3 is 0 Å². The Morgan fingerprint density at radius 2 is 1.94 bits per heavy atom. The first-order chi connectivity index (χ1) is 8.55. The minimum absolute atomic E-state index is 0.0193. The molecule has 0 saturated carbocycles. The summed E-state index contributed by atoms with van der Waals surface area (Å²) in [6.45, 7) is 6.33. The third-order valence-corrected chi connectivity index (χ3v) is 3.73. The zero-order valence-electron chi connectivity index (χ0n) is 11.9. The summed E-state index contributed by atoms with van der Waals surface area (Å²) in [6, 6.07) is 0. The number of carbonyl (C=O) groups is 1.